The van der Waals surface area contributed by atoms with Crippen molar-refractivity contribution in [1.82, 2.24) is 24.3 Å². The van der Waals surface area contributed by atoms with Crippen LogP contribution in [0.4, 0.5) is 11.4 Å². The number of ether oxygens (including phenoxy) is 3. The topological polar surface area (TPSA) is 123 Å². The van der Waals surface area contributed by atoms with Gasteiger partial charge < -0.3 is 28.6 Å². The fourth-order valence-corrected chi connectivity index (χ4v) is 6.45. The number of nitrogens with one attached hydrogen (secondary N) is 2. The number of benzene rings is 3. The first-order valence-corrected chi connectivity index (χ1v) is 15.6. The number of hydrogen-bond donors (Lipinski definition) is 2. The second-order valence-corrected chi connectivity index (χ2v) is 12.0. The Morgan fingerprint density at radius 3 is 2.11 bits per heavy atom. The van der Waals surface area contributed by atoms with Crippen LogP contribution in [-0.2, 0) is 21.8 Å². The summed E-state index contributed by atoms with van der Waals surface area (Å²) in [5.74, 6) is -0.367. The fourth-order valence-electron chi connectivity index (χ4n) is 5.90. The van der Waals surface area contributed by atoms with Gasteiger partial charge in [-0.1, -0.05) is 29.3 Å². The van der Waals surface area contributed by atoms with Crippen LogP contribution in [0.15, 0.2) is 95.0 Å². The van der Waals surface area contributed by atoms with Crippen molar-refractivity contribution < 1.29 is 14.2 Å². The standard InChI is InChI=1S/C32H31Cl2N7O5/c33-22-1-10-28(29(34)17-22)32(20-38-12-11-35-21-38)45-19-27(46-32)18-44-26-8-6-24(7-9-26)40-15-13-39(14-16-40)23-2-4-25(5-3-23)41-30(42)36-37-31(41)43/h1-12,17,21,27H,13-16,18-20H2,(H,36,42)(H,37,43)/t27-,32-/m1/s1. The zero-order valence-corrected chi connectivity index (χ0v) is 26.2. The molecule has 2 fully saturated rings. The molecule has 2 aromatic heterocycles. The van der Waals surface area contributed by atoms with E-state index in [0.29, 0.717) is 41.1 Å². The van der Waals surface area contributed by atoms with Gasteiger partial charge in [0.2, 0.25) is 5.79 Å². The molecule has 2 N–H and O–H groups in total. The third kappa shape index (κ3) is 6.16. The Hall–Kier alpha value is -4.49. The van der Waals surface area contributed by atoms with Gasteiger partial charge in [-0.3, -0.25) is 0 Å². The first-order chi connectivity index (χ1) is 22.4. The summed E-state index contributed by atoms with van der Waals surface area (Å²) in [5, 5.41) is 5.60. The van der Waals surface area contributed by atoms with Crippen LogP contribution in [0.1, 0.15) is 5.56 Å². The second-order valence-electron chi connectivity index (χ2n) is 11.2. The second kappa shape index (κ2) is 12.7. The number of piperazine rings is 1. The highest BCUT2D eigenvalue weighted by atomic mass is 35.5. The monoisotopic (exact) mass is 663 g/mol. The van der Waals surface area contributed by atoms with E-state index < -0.39 is 17.2 Å². The maximum atomic E-state index is 11.9. The molecule has 0 bridgehead atoms. The number of anilines is 2. The summed E-state index contributed by atoms with van der Waals surface area (Å²) in [5.41, 5.74) is 2.38. The van der Waals surface area contributed by atoms with E-state index >= 15 is 0 Å². The van der Waals surface area contributed by atoms with Gasteiger partial charge in [0.1, 0.15) is 18.5 Å². The molecule has 0 spiro atoms. The average Bonchev–Trinajstić information content (AvgIpc) is 3.82. The summed E-state index contributed by atoms with van der Waals surface area (Å²) < 4.78 is 21.8. The lowest BCUT2D eigenvalue weighted by atomic mass is 10.1. The van der Waals surface area contributed by atoms with Crippen LogP contribution in [0.25, 0.3) is 5.69 Å². The van der Waals surface area contributed by atoms with Crippen LogP contribution in [-0.4, -0.2) is 69.8 Å². The third-order valence-electron chi connectivity index (χ3n) is 8.22. The van der Waals surface area contributed by atoms with Crippen molar-refractivity contribution in [3.63, 3.8) is 0 Å². The van der Waals surface area contributed by atoms with Gasteiger partial charge in [0.15, 0.2) is 0 Å². The minimum atomic E-state index is -1.11. The first kappa shape index (κ1) is 30.2. The van der Waals surface area contributed by atoms with Gasteiger partial charge in [-0.05, 0) is 60.7 Å². The maximum Gasteiger partial charge on any atom is 0.348 e. The van der Waals surface area contributed by atoms with Gasteiger partial charge in [0, 0.05) is 60.5 Å². The molecule has 4 heterocycles. The number of aromatic amines is 2. The molecule has 0 radical (unpaired) electrons. The molecule has 2 aliphatic heterocycles. The molecule has 7 rings (SSSR count). The lowest BCUT2D eigenvalue weighted by Gasteiger charge is -2.37. The normalized spacial score (nSPS) is 19.9. The molecule has 0 aliphatic carbocycles. The summed E-state index contributed by atoms with van der Waals surface area (Å²) >= 11 is 12.7. The smallest absolute Gasteiger partial charge is 0.348 e. The highest BCUT2D eigenvalue weighted by Gasteiger charge is 2.45. The molecule has 3 aromatic carbocycles. The van der Waals surface area contributed by atoms with Crippen LogP contribution in [0.3, 0.4) is 0 Å². The Bertz CT molecular complexity index is 1870. The van der Waals surface area contributed by atoms with Crippen molar-refractivity contribution in [2.75, 3.05) is 49.2 Å². The van der Waals surface area contributed by atoms with Gasteiger partial charge in [-0.25, -0.2) is 29.3 Å². The minimum absolute atomic E-state index is 0.306. The van der Waals surface area contributed by atoms with Crippen LogP contribution in [0, 0.1) is 0 Å². The molecule has 46 heavy (non-hydrogen) atoms. The Morgan fingerprint density at radius 2 is 1.50 bits per heavy atom. The van der Waals surface area contributed by atoms with Crippen molar-refractivity contribution in [1.29, 1.82) is 0 Å². The summed E-state index contributed by atoms with van der Waals surface area (Å²) in [6, 6.07) is 20.8. The summed E-state index contributed by atoms with van der Waals surface area (Å²) in [6.45, 7) is 4.37. The SMILES string of the molecule is O=c1[nH][nH]c(=O)n1-c1ccc(N2CCN(c3ccc(OC[C@@H]4CO[C@@](Cn5ccnc5)(c5ccc(Cl)cc5Cl)O4)cc3)CC2)cc1. The van der Waals surface area contributed by atoms with Crippen LogP contribution < -0.4 is 25.9 Å². The van der Waals surface area contributed by atoms with Crippen LogP contribution in [0.5, 0.6) is 5.75 Å². The van der Waals surface area contributed by atoms with E-state index in [9.17, 15) is 9.59 Å². The van der Waals surface area contributed by atoms with E-state index in [4.69, 9.17) is 37.4 Å². The average molecular weight is 665 g/mol. The van der Waals surface area contributed by atoms with Gasteiger partial charge in [-0.15, -0.1) is 0 Å². The lowest BCUT2D eigenvalue weighted by Crippen LogP contribution is -2.46. The van der Waals surface area contributed by atoms with Crippen LogP contribution >= 0.6 is 23.2 Å². The molecule has 238 valence electrons. The Kier molecular flexibility index (Phi) is 8.34. The molecule has 5 aromatic rings. The maximum absolute atomic E-state index is 11.9. The number of halogens is 2. The highest BCUT2D eigenvalue weighted by molar-refractivity contribution is 6.35. The van der Waals surface area contributed by atoms with Crippen molar-refractivity contribution in [2.45, 2.75) is 18.4 Å². The highest BCUT2D eigenvalue weighted by Crippen LogP contribution is 2.40. The summed E-state index contributed by atoms with van der Waals surface area (Å²) in [7, 11) is 0. The molecule has 2 atom stereocenters. The predicted molar refractivity (Wildman–Crippen MR) is 175 cm³/mol. The summed E-state index contributed by atoms with van der Waals surface area (Å²) in [6.07, 6.45) is 4.94. The molecule has 2 saturated heterocycles. The van der Waals surface area contributed by atoms with E-state index in [-0.39, 0.29) is 6.10 Å². The third-order valence-corrected chi connectivity index (χ3v) is 8.77. The van der Waals surface area contributed by atoms with Crippen molar-refractivity contribution in [2.24, 2.45) is 0 Å². The molecule has 0 unspecified atom stereocenters. The van der Waals surface area contributed by atoms with Gasteiger partial charge in [0.25, 0.3) is 0 Å². The Morgan fingerprint density at radius 1 is 0.870 bits per heavy atom. The van der Waals surface area contributed by atoms with Crippen LogP contribution in [0.2, 0.25) is 10.0 Å². The number of aromatic nitrogens is 5. The van der Waals surface area contributed by atoms with E-state index in [1.54, 1.807) is 36.8 Å². The largest absolute Gasteiger partial charge is 0.491 e. The number of hydrogen-bond acceptors (Lipinski definition) is 8. The molecule has 12 nitrogen and oxygen atoms in total. The molecule has 0 saturated carbocycles. The number of H-pyrrole nitrogens is 2. The quantitative estimate of drug-likeness (QED) is 0.242. The number of nitrogens with zero attached hydrogens (tertiary/aromatic N) is 5. The van der Waals surface area contributed by atoms with E-state index in [1.165, 1.54) is 0 Å². The fraction of sp³-hybridized carbons (Fsp3) is 0.281. The number of rotatable bonds is 9. The van der Waals surface area contributed by atoms with Crippen molar-refractivity contribution in [3.8, 4) is 11.4 Å². The Balaban J connectivity index is 0.938. The minimum Gasteiger partial charge on any atom is -0.491 e. The van der Waals surface area contributed by atoms with E-state index in [0.717, 1.165) is 47.9 Å². The summed E-state index contributed by atoms with van der Waals surface area (Å²) in [4.78, 5) is 32.5. The number of imidazole rings is 1. The van der Waals surface area contributed by atoms with Crippen molar-refractivity contribution in [3.05, 3.63) is 122 Å². The van der Waals surface area contributed by atoms with Crippen molar-refractivity contribution >= 4 is 34.6 Å². The van der Waals surface area contributed by atoms with Gasteiger partial charge >= 0.3 is 11.4 Å². The predicted octanol–water partition coefficient (Wildman–Crippen LogP) is 4.03. The molecule has 2 aliphatic rings. The van der Waals surface area contributed by atoms with Gasteiger partial charge in [0.05, 0.1) is 30.2 Å². The Labute approximate surface area is 273 Å². The molecular weight excluding hydrogens is 633 g/mol. The lowest BCUT2D eigenvalue weighted by molar-refractivity contribution is -0.189. The molecule has 14 heteroatoms. The molecule has 0 amide bonds. The zero-order valence-electron chi connectivity index (χ0n) is 24.6. The molecular formula is C32H31Cl2N7O5. The van der Waals surface area contributed by atoms with E-state index in [2.05, 4.69) is 37.1 Å². The first-order valence-electron chi connectivity index (χ1n) is 14.8. The van der Waals surface area contributed by atoms with Gasteiger partial charge in [-0.2, -0.15) is 0 Å². The zero-order chi connectivity index (χ0) is 31.7. The van der Waals surface area contributed by atoms with E-state index in [1.807, 2.05) is 41.1 Å².